The van der Waals surface area contributed by atoms with Gasteiger partial charge in [0, 0.05) is 13.1 Å². The number of nitrogens with one attached hydrogen (secondary N) is 4. The Balaban J connectivity index is 1.57. The number of amides is 5. The second kappa shape index (κ2) is 8.08. The van der Waals surface area contributed by atoms with Crippen LogP contribution in [0.4, 0.5) is 9.59 Å². The third-order valence-electron chi connectivity index (χ3n) is 4.44. The molecule has 0 saturated carbocycles. The zero-order chi connectivity index (χ0) is 20.3. The van der Waals surface area contributed by atoms with Crippen molar-refractivity contribution in [3.63, 3.8) is 0 Å². The lowest BCUT2D eigenvalue weighted by molar-refractivity contribution is -0.123. The third-order valence-corrected chi connectivity index (χ3v) is 5.18. The lowest BCUT2D eigenvalue weighted by Crippen LogP contribution is -2.40. The van der Waals surface area contributed by atoms with Crippen molar-refractivity contribution in [3.05, 3.63) is 69.2 Å². The molecule has 1 heterocycles. The Labute approximate surface area is 171 Å². The molecule has 0 spiro atoms. The summed E-state index contributed by atoms with van der Waals surface area (Å²) in [7, 11) is 0. The Kier molecular flexibility index (Phi) is 5.76. The zero-order valence-corrected chi connectivity index (χ0v) is 16.4. The molecule has 0 radical (unpaired) electrons. The maximum atomic E-state index is 12.1. The number of rotatable bonds is 5. The minimum absolute atomic E-state index is 0.257. The van der Waals surface area contributed by atoms with Crippen molar-refractivity contribution >= 4 is 41.2 Å². The van der Waals surface area contributed by atoms with Crippen LogP contribution < -0.4 is 21.3 Å². The van der Waals surface area contributed by atoms with Crippen LogP contribution >= 0.6 is 23.2 Å². The summed E-state index contributed by atoms with van der Waals surface area (Å²) < 4.78 is 0. The third kappa shape index (κ3) is 4.37. The Morgan fingerprint density at radius 1 is 1.00 bits per heavy atom. The molecule has 0 aliphatic carbocycles. The molecule has 2 aromatic carbocycles. The highest BCUT2D eigenvalue weighted by molar-refractivity contribution is 6.42. The topological polar surface area (TPSA) is 99.3 Å². The van der Waals surface area contributed by atoms with E-state index in [0.29, 0.717) is 22.2 Å². The molecule has 146 valence electrons. The van der Waals surface area contributed by atoms with Crippen LogP contribution in [0.3, 0.4) is 0 Å². The van der Waals surface area contributed by atoms with E-state index in [2.05, 4.69) is 21.3 Å². The fraction of sp³-hybridized carbons (Fsp3) is 0.211. The van der Waals surface area contributed by atoms with Gasteiger partial charge < -0.3 is 16.0 Å². The van der Waals surface area contributed by atoms with Crippen molar-refractivity contribution in [2.75, 3.05) is 0 Å². The number of urea groups is 2. The van der Waals surface area contributed by atoms with Gasteiger partial charge in [0.15, 0.2) is 0 Å². The average molecular weight is 421 g/mol. The maximum Gasteiger partial charge on any atom is 0.322 e. The number of carbonyl (C=O) groups is 3. The number of halogens is 2. The Morgan fingerprint density at radius 2 is 1.68 bits per heavy atom. The van der Waals surface area contributed by atoms with E-state index < -0.39 is 17.5 Å². The van der Waals surface area contributed by atoms with Gasteiger partial charge in [0.05, 0.1) is 10.0 Å². The van der Waals surface area contributed by atoms with E-state index in [1.54, 1.807) is 43.3 Å². The van der Waals surface area contributed by atoms with Gasteiger partial charge in [0.1, 0.15) is 5.54 Å². The summed E-state index contributed by atoms with van der Waals surface area (Å²) in [6.45, 7) is 2.18. The molecule has 1 saturated heterocycles. The molecule has 5 amide bonds. The van der Waals surface area contributed by atoms with Crippen molar-refractivity contribution in [1.82, 2.24) is 21.3 Å². The summed E-state index contributed by atoms with van der Waals surface area (Å²) in [6, 6.07) is 11.4. The smallest absolute Gasteiger partial charge is 0.322 e. The van der Waals surface area contributed by atoms with Crippen LogP contribution in [0.15, 0.2) is 42.5 Å². The predicted molar refractivity (Wildman–Crippen MR) is 106 cm³/mol. The minimum atomic E-state index is -1.14. The van der Waals surface area contributed by atoms with Gasteiger partial charge in [0.25, 0.3) is 5.91 Å². The summed E-state index contributed by atoms with van der Waals surface area (Å²) in [5.41, 5.74) is 1.11. The van der Waals surface area contributed by atoms with Crippen molar-refractivity contribution in [1.29, 1.82) is 0 Å². The first-order chi connectivity index (χ1) is 13.3. The Hall–Kier alpha value is -2.77. The second-order valence-electron chi connectivity index (χ2n) is 6.52. The molecule has 1 aliphatic heterocycles. The molecule has 0 aromatic heterocycles. The summed E-state index contributed by atoms with van der Waals surface area (Å²) >= 11 is 11.8. The predicted octanol–water partition coefficient (Wildman–Crippen LogP) is 3.05. The molecule has 7 nitrogen and oxygen atoms in total. The summed E-state index contributed by atoms with van der Waals surface area (Å²) in [4.78, 5) is 35.5. The van der Waals surface area contributed by atoms with E-state index in [1.807, 2.05) is 6.07 Å². The fourth-order valence-corrected chi connectivity index (χ4v) is 3.14. The molecule has 4 N–H and O–H groups in total. The van der Waals surface area contributed by atoms with E-state index in [9.17, 15) is 14.4 Å². The molecule has 1 atom stereocenters. The number of benzene rings is 2. The van der Waals surface area contributed by atoms with Gasteiger partial charge in [-0.15, -0.1) is 0 Å². The number of hydrogen-bond donors (Lipinski definition) is 4. The van der Waals surface area contributed by atoms with E-state index >= 15 is 0 Å². The number of carbonyl (C=O) groups excluding carboxylic acids is 3. The van der Waals surface area contributed by atoms with E-state index in [0.717, 1.165) is 11.1 Å². The summed E-state index contributed by atoms with van der Waals surface area (Å²) in [6.07, 6.45) is 0. The number of imide groups is 1. The van der Waals surface area contributed by atoms with Crippen LogP contribution in [0.2, 0.25) is 10.0 Å². The first-order valence-electron chi connectivity index (χ1n) is 8.46. The van der Waals surface area contributed by atoms with Crippen molar-refractivity contribution in [3.8, 4) is 0 Å². The first-order valence-corrected chi connectivity index (χ1v) is 9.22. The monoisotopic (exact) mass is 420 g/mol. The molecular formula is C19H18Cl2N4O3. The van der Waals surface area contributed by atoms with Gasteiger partial charge in [-0.25, -0.2) is 9.59 Å². The van der Waals surface area contributed by atoms with Crippen LogP contribution in [-0.2, 0) is 23.4 Å². The van der Waals surface area contributed by atoms with E-state index in [-0.39, 0.29) is 12.6 Å². The van der Waals surface area contributed by atoms with Crippen LogP contribution in [0.25, 0.3) is 0 Å². The fourth-order valence-electron chi connectivity index (χ4n) is 2.82. The lowest BCUT2D eigenvalue weighted by Gasteiger charge is -2.21. The molecular weight excluding hydrogens is 403 g/mol. The van der Waals surface area contributed by atoms with Crippen LogP contribution in [-0.4, -0.2) is 18.0 Å². The average Bonchev–Trinajstić information content (AvgIpc) is 2.94. The largest absolute Gasteiger partial charge is 0.334 e. The molecule has 9 heteroatoms. The van der Waals surface area contributed by atoms with E-state index in [4.69, 9.17) is 23.2 Å². The molecule has 0 bridgehead atoms. The van der Waals surface area contributed by atoms with Gasteiger partial charge in [0.2, 0.25) is 0 Å². The van der Waals surface area contributed by atoms with Crippen molar-refractivity contribution in [2.24, 2.45) is 0 Å². The number of hydrogen-bond acceptors (Lipinski definition) is 3. The minimum Gasteiger partial charge on any atom is -0.334 e. The summed E-state index contributed by atoms with van der Waals surface area (Å²) in [5.74, 6) is -0.415. The van der Waals surface area contributed by atoms with E-state index in [1.165, 1.54) is 0 Å². The Morgan fingerprint density at radius 3 is 2.29 bits per heavy atom. The van der Waals surface area contributed by atoms with Crippen LogP contribution in [0.1, 0.15) is 23.6 Å². The van der Waals surface area contributed by atoms with Crippen molar-refractivity contribution < 1.29 is 14.4 Å². The Bertz CT molecular complexity index is 951. The van der Waals surface area contributed by atoms with Gasteiger partial charge >= 0.3 is 12.1 Å². The highest BCUT2D eigenvalue weighted by atomic mass is 35.5. The highest BCUT2D eigenvalue weighted by Crippen LogP contribution is 2.25. The van der Waals surface area contributed by atoms with Crippen LogP contribution in [0, 0.1) is 0 Å². The molecule has 1 fully saturated rings. The summed E-state index contributed by atoms with van der Waals surface area (Å²) in [5, 5.41) is 11.2. The van der Waals surface area contributed by atoms with Gasteiger partial charge in [-0.1, -0.05) is 53.5 Å². The second-order valence-corrected chi connectivity index (χ2v) is 7.33. The SMILES string of the molecule is CC1(c2cccc(CNC(=O)NCc3ccc(Cl)c(Cl)c3)c2)NC(=O)NC1=O. The van der Waals surface area contributed by atoms with Crippen molar-refractivity contribution in [2.45, 2.75) is 25.6 Å². The normalized spacial score (nSPS) is 18.4. The molecule has 1 unspecified atom stereocenters. The van der Waals surface area contributed by atoms with Gasteiger partial charge in [-0.2, -0.15) is 0 Å². The quantitative estimate of drug-likeness (QED) is 0.559. The lowest BCUT2D eigenvalue weighted by atomic mass is 9.91. The van der Waals surface area contributed by atoms with Gasteiger partial charge in [-0.3, -0.25) is 10.1 Å². The molecule has 28 heavy (non-hydrogen) atoms. The molecule has 3 rings (SSSR count). The standard InChI is InChI=1S/C19H18Cl2N4O3/c1-19(16(26)24-18(28)25-19)13-4-2-3-11(7-13)9-22-17(27)23-10-12-5-6-14(20)15(21)8-12/h2-8H,9-10H2,1H3,(H2,22,23,27)(H2,24,25,26,28). The maximum absolute atomic E-state index is 12.1. The first kappa shape index (κ1) is 20.0. The highest BCUT2D eigenvalue weighted by Gasteiger charge is 2.43. The molecule has 2 aromatic rings. The zero-order valence-electron chi connectivity index (χ0n) is 14.9. The van der Waals surface area contributed by atoms with Gasteiger partial charge in [-0.05, 0) is 35.7 Å². The molecule has 1 aliphatic rings. The van der Waals surface area contributed by atoms with Crippen LogP contribution in [0.5, 0.6) is 0 Å².